The van der Waals surface area contributed by atoms with Crippen molar-refractivity contribution in [3.05, 3.63) is 71.5 Å². The SMILES string of the molecule is CC(=O)Nn1c(-c2nc(-c3ccccc3)cc(-c3ccccc3)n2)n[nH]c1=S. The number of carbonyl (C=O) groups excluding carboxylic acids is 1. The van der Waals surface area contributed by atoms with Crippen molar-refractivity contribution >= 4 is 18.1 Å². The van der Waals surface area contributed by atoms with Crippen LogP contribution in [0.5, 0.6) is 0 Å². The first-order valence-electron chi connectivity index (χ1n) is 8.57. The predicted molar refractivity (Wildman–Crippen MR) is 109 cm³/mol. The number of hydrogen-bond acceptors (Lipinski definition) is 5. The van der Waals surface area contributed by atoms with E-state index in [1.807, 2.05) is 66.7 Å². The minimum Gasteiger partial charge on any atom is -0.274 e. The summed E-state index contributed by atoms with van der Waals surface area (Å²) in [5.74, 6) is 0.401. The Hall–Kier alpha value is -3.65. The summed E-state index contributed by atoms with van der Waals surface area (Å²) < 4.78 is 1.62. The lowest BCUT2D eigenvalue weighted by atomic mass is 10.1. The van der Waals surface area contributed by atoms with Crippen LogP contribution in [0, 0.1) is 4.77 Å². The molecule has 0 spiro atoms. The number of rotatable bonds is 4. The third kappa shape index (κ3) is 3.58. The van der Waals surface area contributed by atoms with Crippen LogP contribution in [0.25, 0.3) is 34.2 Å². The molecule has 138 valence electrons. The van der Waals surface area contributed by atoms with Crippen molar-refractivity contribution in [2.24, 2.45) is 0 Å². The number of nitrogens with one attached hydrogen (secondary N) is 2. The molecule has 4 aromatic rings. The fourth-order valence-corrected chi connectivity index (χ4v) is 2.95. The summed E-state index contributed by atoms with van der Waals surface area (Å²) in [6.45, 7) is 1.40. The number of nitrogens with zero attached hydrogens (tertiary/aromatic N) is 4. The second kappa shape index (κ2) is 7.53. The third-order valence-corrected chi connectivity index (χ3v) is 4.28. The van der Waals surface area contributed by atoms with Crippen molar-refractivity contribution in [2.75, 3.05) is 5.43 Å². The summed E-state index contributed by atoms with van der Waals surface area (Å²) in [5, 5.41) is 6.90. The zero-order valence-electron chi connectivity index (χ0n) is 15.0. The molecule has 7 nitrogen and oxygen atoms in total. The Kier molecular flexibility index (Phi) is 4.77. The second-order valence-electron chi connectivity index (χ2n) is 6.05. The predicted octanol–water partition coefficient (Wildman–Crippen LogP) is 3.82. The Balaban J connectivity index is 1.93. The van der Waals surface area contributed by atoms with E-state index in [-0.39, 0.29) is 10.7 Å². The van der Waals surface area contributed by atoms with Crippen molar-refractivity contribution in [1.29, 1.82) is 0 Å². The van der Waals surface area contributed by atoms with Gasteiger partial charge in [0.05, 0.1) is 11.4 Å². The molecule has 2 aromatic heterocycles. The van der Waals surface area contributed by atoms with Gasteiger partial charge in [-0.05, 0) is 18.3 Å². The van der Waals surface area contributed by atoms with E-state index in [1.165, 1.54) is 11.6 Å². The average Bonchev–Trinajstić information content (AvgIpc) is 3.09. The van der Waals surface area contributed by atoms with Crippen LogP contribution >= 0.6 is 12.2 Å². The first-order chi connectivity index (χ1) is 13.6. The highest BCUT2D eigenvalue weighted by molar-refractivity contribution is 7.71. The summed E-state index contributed by atoms with van der Waals surface area (Å²) in [6, 6.07) is 21.5. The van der Waals surface area contributed by atoms with Gasteiger partial charge in [-0.15, -0.1) is 5.10 Å². The van der Waals surface area contributed by atoms with Crippen LogP contribution in [-0.4, -0.2) is 30.7 Å². The van der Waals surface area contributed by atoms with Gasteiger partial charge in [0.2, 0.25) is 22.3 Å². The molecule has 1 amide bonds. The first-order valence-corrected chi connectivity index (χ1v) is 8.98. The molecule has 0 fully saturated rings. The highest BCUT2D eigenvalue weighted by atomic mass is 32.1. The van der Waals surface area contributed by atoms with E-state index in [0.29, 0.717) is 11.6 Å². The molecule has 0 saturated carbocycles. The van der Waals surface area contributed by atoms with Gasteiger partial charge in [0.1, 0.15) is 0 Å². The molecule has 2 N–H and O–H groups in total. The first kappa shape index (κ1) is 17.7. The minimum atomic E-state index is -0.277. The van der Waals surface area contributed by atoms with Crippen LogP contribution in [0.15, 0.2) is 66.7 Å². The molecule has 0 aliphatic rings. The van der Waals surface area contributed by atoms with Gasteiger partial charge in [-0.3, -0.25) is 10.2 Å². The van der Waals surface area contributed by atoms with Gasteiger partial charge in [-0.1, -0.05) is 60.7 Å². The van der Waals surface area contributed by atoms with Gasteiger partial charge < -0.3 is 0 Å². The number of aromatic amines is 1. The summed E-state index contributed by atoms with van der Waals surface area (Å²) in [6.07, 6.45) is 0. The van der Waals surface area contributed by atoms with E-state index >= 15 is 0 Å². The van der Waals surface area contributed by atoms with Crippen LogP contribution in [0.2, 0.25) is 0 Å². The van der Waals surface area contributed by atoms with Crippen LogP contribution in [0.3, 0.4) is 0 Å². The van der Waals surface area contributed by atoms with Gasteiger partial charge in [0.15, 0.2) is 0 Å². The van der Waals surface area contributed by atoms with Gasteiger partial charge in [0.25, 0.3) is 0 Å². The van der Waals surface area contributed by atoms with Crippen molar-refractivity contribution in [3.8, 4) is 34.2 Å². The number of aromatic nitrogens is 5. The van der Waals surface area contributed by atoms with Crippen LogP contribution in [0.1, 0.15) is 6.92 Å². The summed E-state index contributed by atoms with van der Waals surface area (Å²) in [4.78, 5) is 20.9. The summed E-state index contributed by atoms with van der Waals surface area (Å²) >= 11 is 5.22. The van der Waals surface area contributed by atoms with E-state index in [0.717, 1.165) is 22.5 Å². The Morgan fingerprint density at radius 2 is 1.50 bits per heavy atom. The topological polar surface area (TPSA) is 88.5 Å². The zero-order valence-corrected chi connectivity index (χ0v) is 15.8. The smallest absolute Gasteiger partial charge is 0.235 e. The van der Waals surface area contributed by atoms with Crippen LogP contribution in [-0.2, 0) is 4.79 Å². The molecule has 2 aromatic carbocycles. The van der Waals surface area contributed by atoms with Gasteiger partial charge >= 0.3 is 0 Å². The third-order valence-electron chi connectivity index (χ3n) is 4.01. The van der Waals surface area contributed by atoms with Gasteiger partial charge in [0, 0.05) is 18.1 Å². The maximum Gasteiger partial charge on any atom is 0.235 e. The zero-order chi connectivity index (χ0) is 19.5. The molecule has 0 aliphatic heterocycles. The second-order valence-corrected chi connectivity index (χ2v) is 6.44. The fraction of sp³-hybridized carbons (Fsp3) is 0.0500. The van der Waals surface area contributed by atoms with Crippen molar-refractivity contribution in [3.63, 3.8) is 0 Å². The molecular weight excluding hydrogens is 372 g/mol. The lowest BCUT2D eigenvalue weighted by Gasteiger charge is -2.10. The summed E-state index contributed by atoms with van der Waals surface area (Å²) in [7, 11) is 0. The number of H-pyrrole nitrogens is 1. The molecule has 0 aliphatic carbocycles. The van der Waals surface area contributed by atoms with Crippen LogP contribution in [0.4, 0.5) is 0 Å². The number of hydrogen-bond donors (Lipinski definition) is 2. The van der Waals surface area contributed by atoms with Gasteiger partial charge in [-0.2, -0.15) is 0 Å². The molecule has 2 heterocycles. The van der Waals surface area contributed by atoms with Crippen molar-refractivity contribution in [2.45, 2.75) is 6.92 Å². The molecule has 0 atom stereocenters. The van der Waals surface area contributed by atoms with Gasteiger partial charge in [-0.25, -0.2) is 19.7 Å². The Morgan fingerprint density at radius 3 is 2.00 bits per heavy atom. The van der Waals surface area contributed by atoms with Crippen molar-refractivity contribution in [1.82, 2.24) is 24.8 Å². The molecule has 0 saturated heterocycles. The normalized spacial score (nSPS) is 10.6. The Bertz CT molecular complexity index is 1130. The van der Waals surface area contributed by atoms with Crippen LogP contribution < -0.4 is 5.43 Å². The average molecular weight is 388 g/mol. The molecule has 0 unspecified atom stereocenters. The molecule has 0 bridgehead atoms. The monoisotopic (exact) mass is 388 g/mol. The standard InChI is InChI=1S/C20H16N6OS/c1-13(27)25-26-19(23-24-20(26)28)18-21-16(14-8-4-2-5-9-14)12-17(22-18)15-10-6-3-7-11-15/h2-12H,1H3,(H,24,28)(H,25,27). The van der Waals surface area contributed by atoms with E-state index in [2.05, 4.69) is 25.6 Å². The number of carbonyl (C=O) groups is 1. The largest absolute Gasteiger partial charge is 0.274 e. The van der Waals surface area contributed by atoms with E-state index in [1.54, 1.807) is 0 Å². The molecule has 8 heteroatoms. The summed E-state index contributed by atoms with van der Waals surface area (Å²) in [5.41, 5.74) is 6.02. The quantitative estimate of drug-likeness (QED) is 0.519. The molecule has 28 heavy (non-hydrogen) atoms. The van der Waals surface area contributed by atoms with E-state index < -0.39 is 0 Å². The van der Waals surface area contributed by atoms with E-state index in [9.17, 15) is 4.79 Å². The van der Waals surface area contributed by atoms with Crippen molar-refractivity contribution < 1.29 is 4.79 Å². The Morgan fingerprint density at radius 1 is 0.964 bits per heavy atom. The lowest BCUT2D eigenvalue weighted by molar-refractivity contribution is -0.115. The highest BCUT2D eigenvalue weighted by Crippen LogP contribution is 2.26. The maximum atomic E-state index is 11.6. The van der Waals surface area contributed by atoms with E-state index in [4.69, 9.17) is 12.2 Å². The molecule has 0 radical (unpaired) electrons. The minimum absolute atomic E-state index is 0.250. The molecular formula is C20H16N6OS. The Labute approximate surface area is 166 Å². The fourth-order valence-electron chi connectivity index (χ4n) is 2.77. The highest BCUT2D eigenvalue weighted by Gasteiger charge is 2.16. The molecule has 4 rings (SSSR count). The lowest BCUT2D eigenvalue weighted by Crippen LogP contribution is -2.21. The number of benzene rings is 2. The number of amides is 1. The maximum absolute atomic E-state index is 11.6.